The average molecular weight is 267 g/mol. The summed E-state index contributed by atoms with van der Waals surface area (Å²) in [4.78, 5) is 15.6. The Kier molecular flexibility index (Phi) is 2.12. The second kappa shape index (κ2) is 3.84. The van der Waals surface area contributed by atoms with Crippen molar-refractivity contribution in [3.63, 3.8) is 0 Å². The fourth-order valence-electron chi connectivity index (χ4n) is 2.55. The maximum Gasteiger partial charge on any atom is 0.336 e. The molecule has 5 heteroatoms. The number of carboxylic acids is 1. The van der Waals surface area contributed by atoms with Gasteiger partial charge < -0.3 is 14.6 Å². The number of carboxylic acid groups (broad SMARTS) is 1. The van der Waals surface area contributed by atoms with Gasteiger partial charge in [0.25, 0.3) is 0 Å². The number of aromatic nitrogens is 1. The highest BCUT2D eigenvalue weighted by Gasteiger charge is 2.19. The number of nitrogens with zero attached hydrogens (tertiary/aromatic N) is 1. The summed E-state index contributed by atoms with van der Waals surface area (Å²) >= 11 is 0. The molecular formula is C15H9NO4. The van der Waals surface area contributed by atoms with Crippen LogP contribution in [0.25, 0.3) is 21.5 Å². The maximum atomic E-state index is 11.5. The Bertz CT molecular complexity index is 873. The molecule has 5 nitrogen and oxygen atoms in total. The Labute approximate surface area is 113 Å². The molecule has 1 aliphatic rings. The summed E-state index contributed by atoms with van der Waals surface area (Å²) < 4.78 is 10.7. The van der Waals surface area contributed by atoms with Gasteiger partial charge in [0.05, 0.1) is 5.56 Å². The average Bonchev–Trinajstić information content (AvgIpc) is 2.91. The number of hydrogen-bond donors (Lipinski definition) is 1. The third kappa shape index (κ3) is 1.43. The summed E-state index contributed by atoms with van der Waals surface area (Å²) in [6.07, 6.45) is 3.37. The van der Waals surface area contributed by atoms with Crippen molar-refractivity contribution in [1.82, 2.24) is 4.98 Å². The Hall–Kier alpha value is -2.82. The molecule has 1 aromatic heterocycles. The highest BCUT2D eigenvalue weighted by atomic mass is 16.7. The molecule has 3 aromatic rings. The van der Waals surface area contributed by atoms with Crippen LogP contribution in [-0.2, 0) is 0 Å². The lowest BCUT2D eigenvalue weighted by Gasteiger charge is -2.08. The van der Waals surface area contributed by atoms with Gasteiger partial charge in [0.2, 0.25) is 6.79 Å². The SMILES string of the molecule is O=C(O)c1cc2ccncc2c2cc3c(cc12)OCO3. The molecule has 2 heterocycles. The number of pyridine rings is 1. The summed E-state index contributed by atoms with van der Waals surface area (Å²) in [6.45, 7) is 0.157. The molecule has 0 bridgehead atoms. The van der Waals surface area contributed by atoms with Gasteiger partial charge in [-0.2, -0.15) is 0 Å². The summed E-state index contributed by atoms with van der Waals surface area (Å²) in [5.41, 5.74) is 0.247. The third-order valence-corrected chi connectivity index (χ3v) is 3.48. The van der Waals surface area contributed by atoms with Crippen molar-refractivity contribution in [1.29, 1.82) is 0 Å². The van der Waals surface area contributed by atoms with Crippen molar-refractivity contribution < 1.29 is 19.4 Å². The first-order chi connectivity index (χ1) is 9.74. The summed E-state index contributed by atoms with van der Waals surface area (Å²) in [5.74, 6) is 0.237. The van der Waals surface area contributed by atoms with Crippen LogP contribution in [0.4, 0.5) is 0 Å². The molecule has 20 heavy (non-hydrogen) atoms. The monoisotopic (exact) mass is 267 g/mol. The van der Waals surface area contributed by atoms with Crippen LogP contribution in [0.2, 0.25) is 0 Å². The molecule has 0 saturated carbocycles. The third-order valence-electron chi connectivity index (χ3n) is 3.48. The molecule has 0 unspecified atom stereocenters. The van der Waals surface area contributed by atoms with Crippen molar-refractivity contribution in [2.45, 2.75) is 0 Å². The molecule has 2 aromatic carbocycles. The van der Waals surface area contributed by atoms with Crippen LogP contribution in [0.15, 0.2) is 36.7 Å². The predicted octanol–water partition coefficient (Wildman–Crippen LogP) is 2.81. The van der Waals surface area contributed by atoms with Gasteiger partial charge in [-0.1, -0.05) is 0 Å². The van der Waals surface area contributed by atoms with Crippen LogP contribution in [0.5, 0.6) is 11.5 Å². The first kappa shape index (κ1) is 11.0. The molecule has 0 radical (unpaired) electrons. The molecule has 1 aliphatic heterocycles. The summed E-state index contributed by atoms with van der Waals surface area (Å²) in [5, 5.41) is 12.6. The normalized spacial score (nSPS) is 13.0. The quantitative estimate of drug-likeness (QED) is 0.686. The minimum atomic E-state index is -0.965. The minimum absolute atomic E-state index is 0.157. The standard InChI is InChI=1S/C15H9NO4/c17-15(18)11-3-8-1-2-16-6-12(8)10-5-14-13(4-9(10)11)19-7-20-14/h1-6H,7H2,(H,17,18). The van der Waals surface area contributed by atoms with Crippen LogP contribution >= 0.6 is 0 Å². The highest BCUT2D eigenvalue weighted by Crippen LogP contribution is 2.39. The molecule has 0 amide bonds. The Morgan fingerprint density at radius 3 is 2.60 bits per heavy atom. The van der Waals surface area contributed by atoms with E-state index in [1.807, 2.05) is 6.07 Å². The van der Waals surface area contributed by atoms with E-state index >= 15 is 0 Å². The lowest BCUT2D eigenvalue weighted by atomic mass is 9.98. The Morgan fingerprint density at radius 1 is 1.10 bits per heavy atom. The van der Waals surface area contributed by atoms with E-state index in [4.69, 9.17) is 9.47 Å². The Morgan fingerprint density at radius 2 is 1.85 bits per heavy atom. The number of carbonyl (C=O) groups is 1. The number of rotatable bonds is 1. The van der Waals surface area contributed by atoms with Crippen molar-refractivity contribution >= 4 is 27.5 Å². The van der Waals surface area contributed by atoms with Crippen molar-refractivity contribution in [3.05, 3.63) is 42.2 Å². The molecule has 0 atom stereocenters. The fourth-order valence-corrected chi connectivity index (χ4v) is 2.55. The van der Waals surface area contributed by atoms with E-state index in [2.05, 4.69) is 4.98 Å². The number of hydrogen-bond acceptors (Lipinski definition) is 4. The molecule has 98 valence electrons. The van der Waals surface area contributed by atoms with Crippen LogP contribution in [0, 0.1) is 0 Å². The largest absolute Gasteiger partial charge is 0.478 e. The smallest absolute Gasteiger partial charge is 0.336 e. The van der Waals surface area contributed by atoms with Gasteiger partial charge >= 0.3 is 5.97 Å². The van der Waals surface area contributed by atoms with Crippen LogP contribution in [-0.4, -0.2) is 22.9 Å². The van der Waals surface area contributed by atoms with E-state index in [1.165, 1.54) is 0 Å². The van der Waals surface area contributed by atoms with E-state index in [-0.39, 0.29) is 12.4 Å². The maximum absolute atomic E-state index is 11.5. The number of aromatic carboxylic acids is 1. The first-order valence-electron chi connectivity index (χ1n) is 6.07. The predicted molar refractivity (Wildman–Crippen MR) is 72.3 cm³/mol. The lowest BCUT2D eigenvalue weighted by Crippen LogP contribution is -1.98. The first-order valence-corrected chi connectivity index (χ1v) is 6.07. The van der Waals surface area contributed by atoms with Gasteiger partial charge in [-0.15, -0.1) is 0 Å². The molecule has 0 aliphatic carbocycles. The number of ether oxygens (including phenoxy) is 2. The lowest BCUT2D eigenvalue weighted by molar-refractivity contribution is 0.0699. The van der Waals surface area contributed by atoms with Gasteiger partial charge in [0.15, 0.2) is 11.5 Å². The minimum Gasteiger partial charge on any atom is -0.478 e. The van der Waals surface area contributed by atoms with Crippen LogP contribution in [0.3, 0.4) is 0 Å². The molecule has 4 rings (SSSR count). The molecular weight excluding hydrogens is 258 g/mol. The number of benzene rings is 2. The van der Waals surface area contributed by atoms with Gasteiger partial charge in [0.1, 0.15) is 0 Å². The zero-order valence-corrected chi connectivity index (χ0v) is 10.3. The fraction of sp³-hybridized carbons (Fsp3) is 0.0667. The van der Waals surface area contributed by atoms with Crippen LogP contribution < -0.4 is 9.47 Å². The van der Waals surface area contributed by atoms with Gasteiger partial charge in [-0.3, -0.25) is 4.98 Å². The van der Waals surface area contributed by atoms with E-state index in [1.54, 1.807) is 30.6 Å². The van der Waals surface area contributed by atoms with Crippen molar-refractivity contribution in [2.24, 2.45) is 0 Å². The summed E-state index contributed by atoms with van der Waals surface area (Å²) in [7, 11) is 0. The summed E-state index contributed by atoms with van der Waals surface area (Å²) in [6, 6.07) is 6.98. The Balaban J connectivity index is 2.22. The van der Waals surface area contributed by atoms with E-state index in [0.29, 0.717) is 16.9 Å². The molecule has 0 fully saturated rings. The zero-order valence-electron chi connectivity index (χ0n) is 10.3. The van der Waals surface area contributed by atoms with E-state index < -0.39 is 5.97 Å². The zero-order chi connectivity index (χ0) is 13.7. The van der Waals surface area contributed by atoms with Gasteiger partial charge in [-0.25, -0.2) is 4.79 Å². The molecule has 0 saturated heterocycles. The second-order valence-corrected chi connectivity index (χ2v) is 4.58. The van der Waals surface area contributed by atoms with Crippen molar-refractivity contribution in [3.8, 4) is 11.5 Å². The topological polar surface area (TPSA) is 68.7 Å². The van der Waals surface area contributed by atoms with Crippen molar-refractivity contribution in [2.75, 3.05) is 6.79 Å². The van der Waals surface area contributed by atoms with Crippen LogP contribution in [0.1, 0.15) is 10.4 Å². The molecule has 1 N–H and O–H groups in total. The van der Waals surface area contributed by atoms with E-state index in [0.717, 1.165) is 16.2 Å². The number of fused-ring (bicyclic) bond motifs is 4. The van der Waals surface area contributed by atoms with Gasteiger partial charge in [-0.05, 0) is 35.0 Å². The second-order valence-electron chi connectivity index (χ2n) is 4.58. The van der Waals surface area contributed by atoms with E-state index in [9.17, 15) is 9.90 Å². The van der Waals surface area contributed by atoms with Gasteiger partial charge in [0, 0.05) is 23.2 Å². The highest BCUT2D eigenvalue weighted by molar-refractivity contribution is 6.16. The molecule has 0 spiro atoms.